The molecule has 0 heterocycles. The Morgan fingerprint density at radius 2 is 2.07 bits per heavy atom. The molecule has 0 saturated carbocycles. The van der Waals surface area contributed by atoms with Crippen LogP contribution in [0.25, 0.3) is 0 Å². The van der Waals surface area contributed by atoms with Crippen LogP contribution in [0.3, 0.4) is 0 Å². The molecule has 1 aromatic carbocycles. The van der Waals surface area contributed by atoms with Gasteiger partial charge in [0.2, 0.25) is 0 Å². The van der Waals surface area contributed by atoms with E-state index in [1.54, 1.807) is 31.3 Å². The maximum absolute atomic E-state index is 10.8. The SMILES string of the molecule is CCOc1ccc([C@@H](NC)C(=O)O)cc1. The van der Waals surface area contributed by atoms with Gasteiger partial charge in [-0.2, -0.15) is 0 Å². The van der Waals surface area contributed by atoms with Gasteiger partial charge < -0.3 is 15.2 Å². The second-order valence-corrected chi connectivity index (χ2v) is 3.06. The van der Waals surface area contributed by atoms with Crippen LogP contribution < -0.4 is 10.1 Å². The van der Waals surface area contributed by atoms with Gasteiger partial charge in [0.05, 0.1) is 6.61 Å². The van der Waals surface area contributed by atoms with Crippen molar-refractivity contribution < 1.29 is 14.6 Å². The lowest BCUT2D eigenvalue weighted by Gasteiger charge is -2.12. The van der Waals surface area contributed by atoms with Gasteiger partial charge in [0.25, 0.3) is 0 Å². The number of likely N-dealkylation sites (N-methyl/N-ethyl adjacent to an activating group) is 1. The van der Waals surface area contributed by atoms with E-state index in [0.29, 0.717) is 12.2 Å². The molecule has 4 heteroatoms. The third-order valence-electron chi connectivity index (χ3n) is 2.06. The van der Waals surface area contributed by atoms with Gasteiger partial charge in [0.15, 0.2) is 0 Å². The molecule has 4 nitrogen and oxygen atoms in total. The maximum Gasteiger partial charge on any atom is 0.325 e. The highest BCUT2D eigenvalue weighted by Gasteiger charge is 2.16. The predicted molar refractivity (Wildman–Crippen MR) is 57.0 cm³/mol. The van der Waals surface area contributed by atoms with E-state index in [9.17, 15) is 4.79 Å². The molecule has 1 atom stereocenters. The Hall–Kier alpha value is -1.55. The Morgan fingerprint density at radius 1 is 1.47 bits per heavy atom. The fourth-order valence-corrected chi connectivity index (χ4v) is 1.36. The van der Waals surface area contributed by atoms with Gasteiger partial charge in [-0.25, -0.2) is 0 Å². The Kier molecular flexibility index (Phi) is 4.12. The number of nitrogens with one attached hydrogen (secondary N) is 1. The quantitative estimate of drug-likeness (QED) is 0.770. The summed E-state index contributed by atoms with van der Waals surface area (Å²) < 4.78 is 5.27. The van der Waals surface area contributed by atoms with Crippen molar-refractivity contribution in [3.8, 4) is 5.75 Å². The van der Waals surface area contributed by atoms with Crippen molar-refractivity contribution in [3.05, 3.63) is 29.8 Å². The summed E-state index contributed by atoms with van der Waals surface area (Å²) in [6, 6.07) is 6.37. The zero-order chi connectivity index (χ0) is 11.3. The van der Waals surface area contributed by atoms with Crippen molar-refractivity contribution in [1.82, 2.24) is 5.32 Å². The number of ether oxygens (including phenoxy) is 1. The fraction of sp³-hybridized carbons (Fsp3) is 0.364. The molecular formula is C11H15NO3. The Morgan fingerprint density at radius 3 is 2.47 bits per heavy atom. The minimum Gasteiger partial charge on any atom is -0.494 e. The van der Waals surface area contributed by atoms with Crippen LogP contribution in [0.4, 0.5) is 0 Å². The van der Waals surface area contributed by atoms with Gasteiger partial charge in [-0.3, -0.25) is 4.79 Å². The second kappa shape index (κ2) is 5.36. The third-order valence-corrected chi connectivity index (χ3v) is 2.06. The summed E-state index contributed by atoms with van der Waals surface area (Å²) in [5, 5.41) is 11.6. The van der Waals surface area contributed by atoms with Gasteiger partial charge in [0, 0.05) is 0 Å². The van der Waals surface area contributed by atoms with Crippen LogP contribution in [0.5, 0.6) is 5.75 Å². The summed E-state index contributed by atoms with van der Waals surface area (Å²) in [5.74, 6) is -0.136. The van der Waals surface area contributed by atoms with E-state index in [0.717, 1.165) is 5.75 Å². The molecule has 1 rings (SSSR count). The summed E-state index contributed by atoms with van der Waals surface area (Å²) in [4.78, 5) is 10.8. The van der Waals surface area contributed by atoms with Crippen molar-refractivity contribution >= 4 is 5.97 Å². The van der Waals surface area contributed by atoms with Crippen molar-refractivity contribution in [2.45, 2.75) is 13.0 Å². The summed E-state index contributed by atoms with van der Waals surface area (Å²) in [7, 11) is 1.62. The van der Waals surface area contributed by atoms with Crippen molar-refractivity contribution in [3.63, 3.8) is 0 Å². The van der Waals surface area contributed by atoms with Crippen LogP contribution in [0, 0.1) is 0 Å². The number of carboxylic acids is 1. The van der Waals surface area contributed by atoms with Crippen LogP contribution in [-0.4, -0.2) is 24.7 Å². The average molecular weight is 209 g/mol. The van der Waals surface area contributed by atoms with Gasteiger partial charge >= 0.3 is 5.97 Å². The molecule has 82 valence electrons. The number of carboxylic acid groups (broad SMARTS) is 1. The molecule has 0 aliphatic carbocycles. The first kappa shape index (κ1) is 11.5. The number of hydrogen-bond acceptors (Lipinski definition) is 3. The number of benzene rings is 1. The maximum atomic E-state index is 10.8. The first-order valence-electron chi connectivity index (χ1n) is 4.82. The number of carbonyl (C=O) groups is 1. The molecule has 0 aliphatic heterocycles. The monoisotopic (exact) mass is 209 g/mol. The van der Waals surface area contributed by atoms with E-state index in [4.69, 9.17) is 9.84 Å². The molecule has 0 saturated heterocycles. The molecule has 0 spiro atoms. The van der Waals surface area contributed by atoms with Crippen LogP contribution >= 0.6 is 0 Å². The highest BCUT2D eigenvalue weighted by Crippen LogP contribution is 2.17. The first-order valence-corrected chi connectivity index (χ1v) is 4.82. The van der Waals surface area contributed by atoms with Crippen molar-refractivity contribution in [1.29, 1.82) is 0 Å². The highest BCUT2D eigenvalue weighted by atomic mass is 16.5. The lowest BCUT2D eigenvalue weighted by Crippen LogP contribution is -2.24. The minimum atomic E-state index is -0.887. The summed E-state index contributed by atoms with van der Waals surface area (Å²) in [6.45, 7) is 2.51. The lowest BCUT2D eigenvalue weighted by molar-refractivity contribution is -0.139. The van der Waals surface area contributed by atoms with E-state index in [1.165, 1.54) is 0 Å². The van der Waals surface area contributed by atoms with Gasteiger partial charge in [-0.05, 0) is 31.7 Å². The molecule has 0 amide bonds. The Bertz CT molecular complexity index is 321. The standard InChI is InChI=1S/C11H15NO3/c1-3-15-9-6-4-8(5-7-9)10(12-2)11(13)14/h4-7,10,12H,3H2,1-2H3,(H,13,14)/t10-/m1/s1. The molecule has 15 heavy (non-hydrogen) atoms. The predicted octanol–water partition coefficient (Wildman–Crippen LogP) is 1.43. The number of rotatable bonds is 5. The van der Waals surface area contributed by atoms with Crippen LogP contribution in [-0.2, 0) is 4.79 Å². The summed E-state index contributed by atoms with van der Waals surface area (Å²) >= 11 is 0. The summed E-state index contributed by atoms with van der Waals surface area (Å²) in [6.07, 6.45) is 0. The molecular weight excluding hydrogens is 194 g/mol. The molecule has 0 unspecified atom stereocenters. The van der Waals surface area contributed by atoms with Crippen molar-refractivity contribution in [2.24, 2.45) is 0 Å². The molecule has 2 N–H and O–H groups in total. The topological polar surface area (TPSA) is 58.6 Å². The van der Waals surface area contributed by atoms with Gasteiger partial charge in [-0.1, -0.05) is 12.1 Å². The largest absolute Gasteiger partial charge is 0.494 e. The van der Waals surface area contributed by atoms with E-state index < -0.39 is 12.0 Å². The number of hydrogen-bond donors (Lipinski definition) is 2. The molecule has 0 bridgehead atoms. The molecule has 0 aromatic heterocycles. The zero-order valence-corrected chi connectivity index (χ0v) is 8.86. The minimum absolute atomic E-state index is 0.605. The smallest absolute Gasteiger partial charge is 0.325 e. The number of aliphatic carboxylic acids is 1. The second-order valence-electron chi connectivity index (χ2n) is 3.06. The highest BCUT2D eigenvalue weighted by molar-refractivity contribution is 5.75. The summed E-state index contributed by atoms with van der Waals surface area (Å²) in [5.41, 5.74) is 0.716. The fourth-order valence-electron chi connectivity index (χ4n) is 1.36. The van der Waals surface area contributed by atoms with Crippen molar-refractivity contribution in [2.75, 3.05) is 13.7 Å². The third kappa shape index (κ3) is 2.95. The normalized spacial score (nSPS) is 12.1. The van der Waals surface area contributed by atoms with Crippen LogP contribution in [0.15, 0.2) is 24.3 Å². The lowest BCUT2D eigenvalue weighted by atomic mass is 10.1. The van der Waals surface area contributed by atoms with E-state index >= 15 is 0 Å². The van der Waals surface area contributed by atoms with Gasteiger partial charge in [0.1, 0.15) is 11.8 Å². The average Bonchev–Trinajstić information content (AvgIpc) is 2.21. The van der Waals surface area contributed by atoms with E-state index in [2.05, 4.69) is 5.32 Å². The molecule has 0 aliphatic rings. The Balaban J connectivity index is 2.82. The van der Waals surface area contributed by atoms with Crippen LogP contribution in [0.1, 0.15) is 18.5 Å². The molecule has 1 aromatic rings. The zero-order valence-electron chi connectivity index (χ0n) is 8.86. The molecule has 0 radical (unpaired) electrons. The van der Waals surface area contributed by atoms with E-state index in [-0.39, 0.29) is 0 Å². The van der Waals surface area contributed by atoms with E-state index in [1.807, 2.05) is 6.92 Å². The first-order chi connectivity index (χ1) is 7.19. The van der Waals surface area contributed by atoms with Crippen LogP contribution in [0.2, 0.25) is 0 Å². The van der Waals surface area contributed by atoms with Gasteiger partial charge in [-0.15, -0.1) is 0 Å². The Labute approximate surface area is 88.9 Å². The molecule has 0 fully saturated rings.